The Balaban J connectivity index is 3.12. The van der Waals surface area contributed by atoms with Gasteiger partial charge < -0.3 is 14.8 Å². The SMILES string of the molecule is COc1cnc(F)cc1B(O)O. The molecule has 0 bridgehead atoms. The van der Waals surface area contributed by atoms with E-state index < -0.39 is 13.1 Å². The second kappa shape index (κ2) is 3.51. The fourth-order valence-corrected chi connectivity index (χ4v) is 0.804. The standard InChI is InChI=1S/C6H7BFNO3/c1-12-5-3-9-6(8)2-4(5)7(10)11/h2-3,10-11H,1H3. The Labute approximate surface area is 68.8 Å². The molecule has 1 rings (SSSR count). The molecule has 6 heteroatoms. The summed E-state index contributed by atoms with van der Waals surface area (Å²) in [6.07, 6.45) is 1.09. The van der Waals surface area contributed by atoms with Crippen LogP contribution in [0.15, 0.2) is 12.3 Å². The third-order valence-electron chi connectivity index (χ3n) is 1.36. The lowest BCUT2D eigenvalue weighted by atomic mass is 9.80. The lowest BCUT2D eigenvalue weighted by Crippen LogP contribution is -2.31. The average Bonchev–Trinajstić information content (AvgIpc) is 2.04. The van der Waals surface area contributed by atoms with Crippen LogP contribution in [0, 0.1) is 5.95 Å². The maximum atomic E-state index is 12.5. The number of hydrogen-bond donors (Lipinski definition) is 2. The highest BCUT2D eigenvalue weighted by atomic mass is 19.1. The molecule has 0 fully saturated rings. The number of hydrogen-bond acceptors (Lipinski definition) is 4. The van der Waals surface area contributed by atoms with Gasteiger partial charge in [0.15, 0.2) is 0 Å². The van der Waals surface area contributed by atoms with E-state index in [0.717, 1.165) is 12.3 Å². The summed E-state index contributed by atoms with van der Waals surface area (Å²) >= 11 is 0. The van der Waals surface area contributed by atoms with Crippen LogP contribution in [0.1, 0.15) is 0 Å². The quantitative estimate of drug-likeness (QED) is 0.438. The van der Waals surface area contributed by atoms with Crippen LogP contribution < -0.4 is 10.2 Å². The lowest BCUT2D eigenvalue weighted by Gasteiger charge is -2.05. The highest BCUT2D eigenvalue weighted by molar-refractivity contribution is 6.59. The van der Waals surface area contributed by atoms with Crippen LogP contribution in [0.2, 0.25) is 0 Å². The van der Waals surface area contributed by atoms with Crippen molar-refractivity contribution >= 4 is 12.6 Å². The van der Waals surface area contributed by atoms with Gasteiger partial charge in [-0.1, -0.05) is 0 Å². The molecule has 4 nitrogen and oxygen atoms in total. The summed E-state index contributed by atoms with van der Waals surface area (Å²) in [5.41, 5.74) is -0.0370. The molecule has 1 heterocycles. The van der Waals surface area contributed by atoms with Gasteiger partial charge in [0.25, 0.3) is 0 Å². The molecule has 0 unspecified atom stereocenters. The number of halogens is 1. The summed E-state index contributed by atoms with van der Waals surface area (Å²) in [6.45, 7) is 0. The topological polar surface area (TPSA) is 62.6 Å². The van der Waals surface area contributed by atoms with Crippen LogP contribution in [0.4, 0.5) is 4.39 Å². The monoisotopic (exact) mass is 171 g/mol. The maximum absolute atomic E-state index is 12.5. The molecular formula is C6H7BFNO3. The zero-order valence-corrected chi connectivity index (χ0v) is 6.36. The molecule has 12 heavy (non-hydrogen) atoms. The molecule has 0 saturated heterocycles. The van der Waals surface area contributed by atoms with E-state index in [1.54, 1.807) is 0 Å². The average molecular weight is 171 g/mol. The van der Waals surface area contributed by atoms with E-state index in [-0.39, 0.29) is 11.2 Å². The predicted molar refractivity (Wildman–Crippen MR) is 40.6 cm³/mol. The molecule has 0 aromatic carbocycles. The van der Waals surface area contributed by atoms with Crippen molar-refractivity contribution in [3.05, 3.63) is 18.2 Å². The van der Waals surface area contributed by atoms with E-state index in [4.69, 9.17) is 14.8 Å². The Kier molecular flexibility index (Phi) is 2.62. The van der Waals surface area contributed by atoms with E-state index in [0.29, 0.717) is 0 Å². The van der Waals surface area contributed by atoms with Crippen LogP contribution in [0.3, 0.4) is 0 Å². The Morgan fingerprint density at radius 2 is 2.25 bits per heavy atom. The number of nitrogens with zero attached hydrogens (tertiary/aromatic N) is 1. The molecule has 1 aromatic rings. The zero-order valence-electron chi connectivity index (χ0n) is 6.36. The maximum Gasteiger partial charge on any atom is 0.492 e. The summed E-state index contributed by atoms with van der Waals surface area (Å²) in [5.74, 6) is -0.634. The van der Waals surface area contributed by atoms with Crippen molar-refractivity contribution in [3.63, 3.8) is 0 Å². The third-order valence-corrected chi connectivity index (χ3v) is 1.36. The molecule has 0 amide bonds. The van der Waals surface area contributed by atoms with Gasteiger partial charge in [0, 0.05) is 5.46 Å². The minimum atomic E-state index is -1.75. The zero-order chi connectivity index (χ0) is 9.14. The summed E-state index contributed by atoms with van der Waals surface area (Å²) in [6, 6.07) is 0.906. The van der Waals surface area contributed by atoms with E-state index in [1.807, 2.05) is 0 Å². The second-order valence-electron chi connectivity index (χ2n) is 2.12. The van der Waals surface area contributed by atoms with Crippen molar-refractivity contribution in [3.8, 4) is 5.75 Å². The van der Waals surface area contributed by atoms with Gasteiger partial charge in [0.05, 0.1) is 13.3 Å². The minimum absolute atomic E-state index is 0.0370. The molecule has 0 aliphatic carbocycles. The van der Waals surface area contributed by atoms with E-state index in [1.165, 1.54) is 7.11 Å². The van der Waals surface area contributed by atoms with Crippen LogP contribution in [0.5, 0.6) is 5.75 Å². The molecule has 64 valence electrons. The van der Waals surface area contributed by atoms with Crippen LogP contribution in [0.25, 0.3) is 0 Å². The molecule has 0 saturated carbocycles. The van der Waals surface area contributed by atoms with Gasteiger partial charge >= 0.3 is 7.12 Å². The Bertz CT molecular complexity index is 281. The molecule has 2 N–H and O–H groups in total. The third kappa shape index (κ3) is 1.72. The minimum Gasteiger partial charge on any atom is -0.496 e. The Morgan fingerprint density at radius 3 is 2.75 bits per heavy atom. The van der Waals surface area contributed by atoms with Crippen molar-refractivity contribution in [2.75, 3.05) is 7.11 Å². The van der Waals surface area contributed by atoms with Crippen LogP contribution in [-0.4, -0.2) is 29.3 Å². The molecule has 0 radical (unpaired) electrons. The first-order valence-corrected chi connectivity index (χ1v) is 3.20. The largest absolute Gasteiger partial charge is 0.496 e. The van der Waals surface area contributed by atoms with Gasteiger partial charge in [-0.05, 0) is 6.07 Å². The first-order valence-electron chi connectivity index (χ1n) is 3.20. The van der Waals surface area contributed by atoms with Crippen molar-refractivity contribution in [1.82, 2.24) is 4.98 Å². The summed E-state index contributed by atoms with van der Waals surface area (Å²) in [5, 5.41) is 17.5. The van der Waals surface area contributed by atoms with Crippen molar-refractivity contribution in [2.45, 2.75) is 0 Å². The molecule has 0 spiro atoms. The van der Waals surface area contributed by atoms with E-state index in [2.05, 4.69) is 4.98 Å². The smallest absolute Gasteiger partial charge is 0.492 e. The van der Waals surface area contributed by atoms with Gasteiger partial charge in [-0.25, -0.2) is 4.98 Å². The first kappa shape index (κ1) is 8.96. The van der Waals surface area contributed by atoms with Gasteiger partial charge in [0.2, 0.25) is 5.95 Å². The fraction of sp³-hybridized carbons (Fsp3) is 0.167. The summed E-state index contributed by atoms with van der Waals surface area (Å²) in [7, 11) is -0.418. The molecule has 0 atom stereocenters. The Hall–Kier alpha value is -1.14. The van der Waals surface area contributed by atoms with Crippen molar-refractivity contribution in [2.24, 2.45) is 0 Å². The molecule has 0 aliphatic rings. The van der Waals surface area contributed by atoms with E-state index in [9.17, 15) is 4.39 Å². The Morgan fingerprint density at radius 1 is 1.58 bits per heavy atom. The van der Waals surface area contributed by atoms with Crippen molar-refractivity contribution < 1.29 is 19.2 Å². The number of aromatic nitrogens is 1. The lowest BCUT2D eigenvalue weighted by molar-refractivity contribution is 0.399. The highest BCUT2D eigenvalue weighted by Crippen LogP contribution is 2.05. The predicted octanol–water partition coefficient (Wildman–Crippen LogP) is -1.09. The number of methoxy groups -OCH3 is 1. The fourth-order valence-electron chi connectivity index (χ4n) is 0.804. The van der Waals surface area contributed by atoms with Gasteiger partial charge in [0.1, 0.15) is 5.75 Å². The van der Waals surface area contributed by atoms with Crippen LogP contribution in [-0.2, 0) is 0 Å². The summed E-state index contributed by atoms with van der Waals surface area (Å²) < 4.78 is 17.2. The van der Waals surface area contributed by atoms with Crippen LogP contribution >= 0.6 is 0 Å². The second-order valence-corrected chi connectivity index (χ2v) is 2.12. The number of ether oxygens (including phenoxy) is 1. The van der Waals surface area contributed by atoms with Gasteiger partial charge in [-0.15, -0.1) is 0 Å². The molecular weight excluding hydrogens is 164 g/mol. The number of pyridine rings is 1. The molecule has 1 aromatic heterocycles. The summed E-state index contributed by atoms with van der Waals surface area (Å²) in [4.78, 5) is 3.28. The molecule has 0 aliphatic heterocycles. The van der Waals surface area contributed by atoms with Gasteiger partial charge in [-0.3, -0.25) is 0 Å². The first-order chi connectivity index (χ1) is 5.65. The van der Waals surface area contributed by atoms with Gasteiger partial charge in [-0.2, -0.15) is 4.39 Å². The normalized spacial score (nSPS) is 9.67. The van der Waals surface area contributed by atoms with E-state index >= 15 is 0 Å². The number of rotatable bonds is 2. The van der Waals surface area contributed by atoms with Crippen molar-refractivity contribution in [1.29, 1.82) is 0 Å². The highest BCUT2D eigenvalue weighted by Gasteiger charge is 2.17.